The van der Waals surface area contributed by atoms with Crippen LogP contribution in [0.25, 0.3) is 0 Å². The molecule has 3 N–H and O–H groups in total. The predicted molar refractivity (Wildman–Crippen MR) is 78.3 cm³/mol. The van der Waals surface area contributed by atoms with Crippen LogP contribution in [0.2, 0.25) is 0 Å². The van der Waals surface area contributed by atoms with Gasteiger partial charge in [-0.1, -0.05) is 12.1 Å². The average molecular weight is 317 g/mol. The molecule has 21 heavy (non-hydrogen) atoms. The zero-order valence-corrected chi connectivity index (χ0v) is 13.1. The highest BCUT2D eigenvalue weighted by Crippen LogP contribution is 2.25. The van der Waals surface area contributed by atoms with Gasteiger partial charge in [0.15, 0.2) is 0 Å². The number of rotatable bonds is 6. The van der Waals surface area contributed by atoms with Gasteiger partial charge in [-0.15, -0.1) is 0 Å². The van der Waals surface area contributed by atoms with Crippen LogP contribution in [0.5, 0.6) is 0 Å². The lowest BCUT2D eigenvalue weighted by molar-refractivity contribution is 0.315. The average Bonchev–Trinajstić information content (AvgIpc) is 2.36. The quantitative estimate of drug-likeness (QED) is 0.360. The van der Waals surface area contributed by atoms with Gasteiger partial charge in [0.1, 0.15) is 11.7 Å². The zero-order valence-electron chi connectivity index (χ0n) is 12.3. The van der Waals surface area contributed by atoms with Crippen molar-refractivity contribution in [3.05, 3.63) is 29.1 Å². The van der Waals surface area contributed by atoms with Crippen LogP contribution < -0.4 is 5.73 Å². The maximum atomic E-state index is 13.3. The van der Waals surface area contributed by atoms with E-state index in [1.807, 2.05) is 0 Å². The summed E-state index contributed by atoms with van der Waals surface area (Å²) in [7, 11) is -3.76. The van der Waals surface area contributed by atoms with Crippen LogP contribution in [0, 0.1) is 19.7 Å². The molecule has 6 nitrogen and oxygen atoms in total. The number of sulfonamides is 1. The topological polar surface area (TPSA) is 96.0 Å². The number of benzene rings is 1. The van der Waals surface area contributed by atoms with E-state index in [0.717, 1.165) is 0 Å². The summed E-state index contributed by atoms with van der Waals surface area (Å²) in [6.45, 7) is 5.13. The molecule has 0 bridgehead atoms. The lowest BCUT2D eigenvalue weighted by Gasteiger charge is -2.22. The number of hydrogen-bond donors (Lipinski definition) is 2. The zero-order chi connectivity index (χ0) is 16.2. The second-order valence-electron chi connectivity index (χ2n) is 4.71. The summed E-state index contributed by atoms with van der Waals surface area (Å²) in [5.74, 6) is -0.514. The lowest BCUT2D eigenvalue weighted by atomic mass is 10.1. The molecule has 0 atom stereocenters. The summed E-state index contributed by atoms with van der Waals surface area (Å²) in [6, 6.07) is 2.38. The van der Waals surface area contributed by atoms with Crippen LogP contribution >= 0.6 is 0 Å². The summed E-state index contributed by atoms with van der Waals surface area (Å²) in [5, 5.41) is 11.3. The molecule has 1 aromatic carbocycles. The number of nitrogens with zero attached hydrogens (tertiary/aromatic N) is 2. The first-order chi connectivity index (χ1) is 9.73. The molecule has 0 radical (unpaired) electrons. The molecule has 0 aliphatic rings. The van der Waals surface area contributed by atoms with Gasteiger partial charge in [-0.05, 0) is 37.1 Å². The van der Waals surface area contributed by atoms with Crippen molar-refractivity contribution in [3.63, 3.8) is 0 Å². The Kier molecular flexibility index (Phi) is 5.68. The number of nitrogens with two attached hydrogens (primary N) is 1. The third kappa shape index (κ3) is 3.92. The van der Waals surface area contributed by atoms with Gasteiger partial charge < -0.3 is 10.9 Å². The minimum atomic E-state index is -3.76. The van der Waals surface area contributed by atoms with Gasteiger partial charge in [0.2, 0.25) is 10.0 Å². The molecular weight excluding hydrogens is 297 g/mol. The van der Waals surface area contributed by atoms with Crippen molar-refractivity contribution in [1.29, 1.82) is 0 Å². The first-order valence-corrected chi connectivity index (χ1v) is 7.91. The van der Waals surface area contributed by atoms with Crippen LogP contribution in [0.4, 0.5) is 4.39 Å². The molecule has 1 rings (SSSR count). The molecule has 118 valence electrons. The van der Waals surface area contributed by atoms with Crippen LogP contribution in [-0.2, 0) is 10.0 Å². The van der Waals surface area contributed by atoms with Gasteiger partial charge >= 0.3 is 0 Å². The van der Waals surface area contributed by atoms with Crippen molar-refractivity contribution in [2.75, 3.05) is 13.1 Å². The fraction of sp³-hybridized carbons (Fsp3) is 0.462. The second kappa shape index (κ2) is 6.86. The Labute approximate surface area is 124 Å². The van der Waals surface area contributed by atoms with Gasteiger partial charge in [0, 0.05) is 19.5 Å². The van der Waals surface area contributed by atoms with Crippen molar-refractivity contribution in [3.8, 4) is 0 Å². The fourth-order valence-corrected chi connectivity index (χ4v) is 4.03. The third-order valence-electron chi connectivity index (χ3n) is 3.12. The molecule has 1 aromatic rings. The maximum Gasteiger partial charge on any atom is 0.243 e. The van der Waals surface area contributed by atoms with Gasteiger partial charge in [-0.3, -0.25) is 0 Å². The standard InChI is InChI=1S/C13H20FN3O3S/c1-4-17(6-5-12(15)16-18)21(19,20)13-9(2)7-11(14)8-10(13)3/h7-8,18H,4-6H2,1-3H3,(H2,15,16). The first-order valence-electron chi connectivity index (χ1n) is 6.47. The van der Waals surface area contributed by atoms with Gasteiger partial charge in [0.25, 0.3) is 0 Å². The Bertz CT molecular complexity index is 621. The molecule has 0 amide bonds. The summed E-state index contributed by atoms with van der Waals surface area (Å²) in [6.07, 6.45) is 0.114. The molecule has 0 saturated carbocycles. The largest absolute Gasteiger partial charge is 0.409 e. The van der Waals surface area contributed by atoms with E-state index in [2.05, 4.69) is 5.16 Å². The van der Waals surface area contributed by atoms with E-state index < -0.39 is 15.8 Å². The SMILES string of the molecule is CCN(CCC(N)=NO)S(=O)(=O)c1c(C)cc(F)cc1C. The number of oxime groups is 1. The van der Waals surface area contributed by atoms with Crippen LogP contribution in [0.3, 0.4) is 0 Å². The third-order valence-corrected chi connectivity index (χ3v) is 5.40. The highest BCUT2D eigenvalue weighted by atomic mass is 32.2. The van der Waals surface area contributed by atoms with Crippen LogP contribution in [-0.4, -0.2) is 36.9 Å². The Balaban J connectivity index is 3.19. The second-order valence-corrected chi connectivity index (χ2v) is 6.58. The normalized spacial score (nSPS) is 12.9. The molecule has 0 aliphatic carbocycles. The molecule has 8 heteroatoms. The Hall–Kier alpha value is -1.67. The number of aryl methyl sites for hydroxylation is 2. The maximum absolute atomic E-state index is 13.3. The van der Waals surface area contributed by atoms with E-state index in [1.54, 1.807) is 20.8 Å². The van der Waals surface area contributed by atoms with Crippen molar-refractivity contribution in [1.82, 2.24) is 4.31 Å². The van der Waals surface area contributed by atoms with E-state index in [1.165, 1.54) is 16.4 Å². The molecule has 0 fully saturated rings. The highest BCUT2D eigenvalue weighted by molar-refractivity contribution is 7.89. The lowest BCUT2D eigenvalue weighted by Crippen LogP contribution is -2.34. The monoisotopic (exact) mass is 317 g/mol. The van der Waals surface area contributed by atoms with Gasteiger partial charge in [-0.25, -0.2) is 12.8 Å². The number of halogens is 1. The number of hydrogen-bond acceptors (Lipinski definition) is 4. The van der Waals surface area contributed by atoms with Crippen LogP contribution in [0.15, 0.2) is 22.2 Å². The van der Waals surface area contributed by atoms with E-state index in [-0.39, 0.29) is 30.2 Å². The summed E-state index contributed by atoms with van der Waals surface area (Å²) >= 11 is 0. The molecule has 0 aliphatic heterocycles. The summed E-state index contributed by atoms with van der Waals surface area (Å²) in [5.41, 5.74) is 6.08. The predicted octanol–water partition coefficient (Wildman–Crippen LogP) is 1.59. The fourth-order valence-electron chi connectivity index (χ4n) is 2.17. The Morgan fingerprint density at radius 2 is 1.90 bits per heavy atom. The van der Waals surface area contributed by atoms with E-state index in [9.17, 15) is 12.8 Å². The van der Waals surface area contributed by atoms with Crippen molar-refractivity contribution >= 4 is 15.9 Å². The molecule has 0 spiro atoms. The van der Waals surface area contributed by atoms with Crippen molar-refractivity contribution in [2.45, 2.75) is 32.1 Å². The van der Waals surface area contributed by atoms with E-state index >= 15 is 0 Å². The Morgan fingerprint density at radius 3 is 2.33 bits per heavy atom. The minimum Gasteiger partial charge on any atom is -0.409 e. The van der Waals surface area contributed by atoms with Crippen molar-refractivity contribution < 1.29 is 18.0 Å². The number of amidine groups is 1. The van der Waals surface area contributed by atoms with E-state index in [4.69, 9.17) is 10.9 Å². The first kappa shape index (κ1) is 17.4. The van der Waals surface area contributed by atoms with Gasteiger partial charge in [-0.2, -0.15) is 4.31 Å². The summed E-state index contributed by atoms with van der Waals surface area (Å²) in [4.78, 5) is 0.102. The molecule has 0 aromatic heterocycles. The van der Waals surface area contributed by atoms with E-state index in [0.29, 0.717) is 11.1 Å². The summed E-state index contributed by atoms with van der Waals surface area (Å²) < 4.78 is 39.9. The molecule has 0 unspecified atom stereocenters. The smallest absolute Gasteiger partial charge is 0.243 e. The highest BCUT2D eigenvalue weighted by Gasteiger charge is 2.27. The molecule has 0 heterocycles. The Morgan fingerprint density at radius 1 is 1.38 bits per heavy atom. The minimum absolute atomic E-state index is 0.0452. The van der Waals surface area contributed by atoms with Crippen molar-refractivity contribution in [2.24, 2.45) is 10.9 Å². The van der Waals surface area contributed by atoms with Crippen LogP contribution in [0.1, 0.15) is 24.5 Å². The molecular formula is C13H20FN3O3S. The van der Waals surface area contributed by atoms with Gasteiger partial charge in [0.05, 0.1) is 4.90 Å². The molecule has 0 saturated heterocycles.